The van der Waals surface area contributed by atoms with E-state index >= 15 is 0 Å². The Morgan fingerprint density at radius 3 is 0.423 bits per heavy atom. The first-order chi connectivity index (χ1) is 12.8. The minimum Gasteiger partial charge on any atom is -0.397 e. The molecule has 2 N–H and O–H groups in total. The van der Waals surface area contributed by atoms with Gasteiger partial charge in [-0.2, -0.15) is 0 Å². The van der Waals surface area contributed by atoms with Crippen molar-refractivity contribution in [3.8, 4) is 0 Å². The zero-order valence-electron chi connectivity index (χ0n) is 19.2. The quantitative estimate of drug-likeness (QED) is 0.506. The van der Waals surface area contributed by atoms with E-state index in [1.807, 2.05) is 128 Å². The van der Waals surface area contributed by atoms with Crippen molar-refractivity contribution in [2.24, 2.45) is 0 Å². The highest BCUT2D eigenvalue weighted by atomic mass is 16.3. The normalized spacial score (nSPS) is 6.00. The molecule has 0 spiro atoms. The second-order valence-corrected chi connectivity index (χ2v) is 2.94. The molecular weight excluding hydrogens is 320 g/mol. The van der Waals surface area contributed by atoms with Gasteiger partial charge in [-0.1, -0.05) is 128 Å². The van der Waals surface area contributed by atoms with Gasteiger partial charge in [-0.15, -0.1) is 0 Å². The molecular formula is C24H48O2. The Morgan fingerprint density at radius 2 is 0.385 bits per heavy atom. The Balaban J connectivity index is -0.0000000470. The Bertz CT molecular complexity index is 209. The van der Waals surface area contributed by atoms with Crippen LogP contribution in [0.3, 0.4) is 0 Å². The molecule has 2 nitrogen and oxygen atoms in total. The fourth-order valence-corrected chi connectivity index (χ4v) is 0.770. The van der Waals surface area contributed by atoms with E-state index < -0.39 is 0 Å². The average Bonchev–Trinajstić information content (AvgIpc) is 2.78. The summed E-state index contributed by atoms with van der Waals surface area (Å²) in [7, 11) is 0. The van der Waals surface area contributed by atoms with Crippen LogP contribution in [0.5, 0.6) is 0 Å². The highest BCUT2D eigenvalue weighted by Crippen LogP contribution is 1.80. The van der Waals surface area contributed by atoms with Crippen molar-refractivity contribution in [2.45, 2.75) is 69.2 Å². The van der Waals surface area contributed by atoms with Crippen LogP contribution in [0.25, 0.3) is 0 Å². The Labute approximate surface area is 165 Å². The number of benzene rings is 2. The van der Waals surface area contributed by atoms with Gasteiger partial charge in [0.25, 0.3) is 0 Å². The smallest absolute Gasteiger partial charge is 0.0402 e. The maximum Gasteiger partial charge on any atom is 0.0402 e. The molecule has 0 amide bonds. The number of aliphatic hydroxyl groups excluding tert-OH is 2. The van der Waals surface area contributed by atoms with Gasteiger partial charge in [0.2, 0.25) is 0 Å². The molecule has 0 radical (unpaired) electrons. The highest BCUT2D eigenvalue weighted by Gasteiger charge is 1.58. The van der Waals surface area contributed by atoms with Crippen molar-refractivity contribution in [1.82, 2.24) is 0 Å². The topological polar surface area (TPSA) is 40.5 Å². The summed E-state index contributed by atoms with van der Waals surface area (Å²) in [6.07, 6.45) is 0. The molecule has 0 heterocycles. The van der Waals surface area contributed by atoms with E-state index in [0.717, 1.165) is 0 Å². The van der Waals surface area contributed by atoms with Gasteiger partial charge in [0.1, 0.15) is 0 Å². The molecule has 0 aliphatic heterocycles. The van der Waals surface area contributed by atoms with Gasteiger partial charge in [0.15, 0.2) is 0 Å². The van der Waals surface area contributed by atoms with Gasteiger partial charge in [0.05, 0.1) is 0 Å². The predicted octanol–water partition coefficient (Wildman–Crippen LogP) is 7.48. The molecule has 0 aliphatic rings. The molecule has 0 saturated carbocycles. The predicted molar refractivity (Wildman–Crippen MR) is 124 cm³/mol. The lowest BCUT2D eigenvalue weighted by Crippen LogP contribution is -1.57. The Hall–Kier alpha value is -1.64. The summed E-state index contributed by atoms with van der Waals surface area (Å²) in [5.41, 5.74) is 0. The standard InChI is InChI=1S/2C6H6.2C2H6O.4C2H6/c2*1-2-4-6-5-3-1;2*1-2-3;4*1-2/h2*1-6H;2*3H,2H2,1H3;4*1-2H3. The van der Waals surface area contributed by atoms with Crippen molar-refractivity contribution in [3.63, 3.8) is 0 Å². The Kier molecular flexibility index (Phi) is 116. The van der Waals surface area contributed by atoms with Gasteiger partial charge < -0.3 is 10.2 Å². The fourth-order valence-electron chi connectivity index (χ4n) is 0.770. The van der Waals surface area contributed by atoms with E-state index in [-0.39, 0.29) is 13.2 Å². The van der Waals surface area contributed by atoms with Crippen molar-refractivity contribution in [3.05, 3.63) is 72.8 Å². The summed E-state index contributed by atoms with van der Waals surface area (Å²) >= 11 is 0. The van der Waals surface area contributed by atoms with Crippen molar-refractivity contribution < 1.29 is 10.2 Å². The lowest BCUT2D eigenvalue weighted by atomic mass is 10.4. The third kappa shape index (κ3) is 95.1. The lowest BCUT2D eigenvalue weighted by Gasteiger charge is -1.69. The van der Waals surface area contributed by atoms with Crippen LogP contribution in [0.1, 0.15) is 69.2 Å². The summed E-state index contributed by atoms with van der Waals surface area (Å²) in [6, 6.07) is 24.0. The summed E-state index contributed by atoms with van der Waals surface area (Å²) in [6.45, 7) is 19.9. The Morgan fingerprint density at radius 1 is 0.346 bits per heavy atom. The number of hydrogen-bond acceptors (Lipinski definition) is 2. The van der Waals surface area contributed by atoms with Crippen molar-refractivity contribution in [2.75, 3.05) is 13.2 Å². The van der Waals surface area contributed by atoms with E-state index in [0.29, 0.717) is 0 Å². The maximum absolute atomic E-state index is 7.57. The van der Waals surface area contributed by atoms with Crippen LogP contribution in [-0.2, 0) is 0 Å². The molecule has 0 aromatic heterocycles. The molecule has 0 saturated heterocycles. The monoisotopic (exact) mass is 368 g/mol. The first kappa shape index (κ1) is 39.4. The van der Waals surface area contributed by atoms with Gasteiger partial charge in [-0.05, 0) is 13.8 Å². The van der Waals surface area contributed by atoms with Crippen LogP contribution in [0.2, 0.25) is 0 Å². The fraction of sp³-hybridized carbons (Fsp3) is 0.500. The zero-order chi connectivity index (χ0) is 21.9. The minimum atomic E-state index is 0.250. The molecule has 0 bridgehead atoms. The van der Waals surface area contributed by atoms with Gasteiger partial charge >= 0.3 is 0 Å². The molecule has 2 aromatic carbocycles. The molecule has 2 aromatic rings. The second kappa shape index (κ2) is 76.5. The van der Waals surface area contributed by atoms with Crippen LogP contribution in [0.15, 0.2) is 72.8 Å². The second-order valence-electron chi connectivity index (χ2n) is 2.94. The minimum absolute atomic E-state index is 0.250. The van der Waals surface area contributed by atoms with Crippen LogP contribution in [-0.4, -0.2) is 23.4 Å². The van der Waals surface area contributed by atoms with Crippen LogP contribution in [0, 0.1) is 0 Å². The highest BCUT2D eigenvalue weighted by molar-refractivity contribution is 4.99. The van der Waals surface area contributed by atoms with E-state index in [1.54, 1.807) is 13.8 Å². The molecule has 2 rings (SSSR count). The van der Waals surface area contributed by atoms with Crippen LogP contribution < -0.4 is 0 Å². The first-order valence-electron chi connectivity index (χ1n) is 10.0. The summed E-state index contributed by atoms with van der Waals surface area (Å²) in [4.78, 5) is 0. The van der Waals surface area contributed by atoms with Gasteiger partial charge in [-0.25, -0.2) is 0 Å². The van der Waals surface area contributed by atoms with Gasteiger partial charge in [-0.3, -0.25) is 0 Å². The number of aliphatic hydroxyl groups is 2. The average molecular weight is 369 g/mol. The van der Waals surface area contributed by atoms with E-state index in [1.165, 1.54) is 0 Å². The molecule has 0 atom stereocenters. The lowest BCUT2D eigenvalue weighted by molar-refractivity contribution is 0.318. The number of rotatable bonds is 0. The van der Waals surface area contributed by atoms with Crippen LogP contribution in [0.4, 0.5) is 0 Å². The van der Waals surface area contributed by atoms with E-state index in [9.17, 15) is 0 Å². The van der Waals surface area contributed by atoms with Gasteiger partial charge in [0, 0.05) is 13.2 Å². The molecule has 0 unspecified atom stereocenters. The zero-order valence-corrected chi connectivity index (χ0v) is 19.2. The molecule has 2 heteroatoms. The largest absolute Gasteiger partial charge is 0.397 e. The summed E-state index contributed by atoms with van der Waals surface area (Å²) in [5.74, 6) is 0. The van der Waals surface area contributed by atoms with E-state index in [2.05, 4.69) is 0 Å². The molecule has 156 valence electrons. The third-order valence-corrected chi connectivity index (χ3v) is 1.33. The summed E-state index contributed by atoms with van der Waals surface area (Å²) in [5, 5.41) is 15.1. The SMILES string of the molecule is CC.CC.CC.CC.CCO.CCO.c1ccccc1.c1ccccc1. The van der Waals surface area contributed by atoms with Crippen molar-refractivity contribution >= 4 is 0 Å². The molecule has 26 heavy (non-hydrogen) atoms. The van der Waals surface area contributed by atoms with E-state index in [4.69, 9.17) is 10.2 Å². The van der Waals surface area contributed by atoms with Crippen molar-refractivity contribution in [1.29, 1.82) is 0 Å². The first-order valence-corrected chi connectivity index (χ1v) is 10.0. The van der Waals surface area contributed by atoms with Crippen LogP contribution >= 0.6 is 0 Å². The summed E-state index contributed by atoms with van der Waals surface area (Å²) < 4.78 is 0. The molecule has 0 aliphatic carbocycles. The number of hydrogen-bond donors (Lipinski definition) is 2. The maximum atomic E-state index is 7.57. The molecule has 0 fully saturated rings. The third-order valence-electron chi connectivity index (χ3n) is 1.33.